The summed E-state index contributed by atoms with van der Waals surface area (Å²) in [5.41, 5.74) is 0. The van der Waals surface area contributed by atoms with E-state index in [1.807, 2.05) is 6.92 Å². The van der Waals surface area contributed by atoms with Crippen molar-refractivity contribution in [3.63, 3.8) is 0 Å². The van der Waals surface area contributed by atoms with Crippen molar-refractivity contribution in [2.24, 2.45) is 5.92 Å². The number of rotatable bonds is 9. The molecule has 0 saturated carbocycles. The van der Waals surface area contributed by atoms with Crippen LogP contribution in [0.1, 0.15) is 19.8 Å². The number of hydrogen-bond acceptors (Lipinski definition) is 4. The summed E-state index contributed by atoms with van der Waals surface area (Å²) in [6.45, 7) is 9.59. The SMILES string of the molecule is CCOCCOCCN(C)CC1CCCNC1.Cl. The van der Waals surface area contributed by atoms with Gasteiger partial charge in [0.05, 0.1) is 19.8 Å². The zero-order valence-electron chi connectivity index (χ0n) is 11.8. The van der Waals surface area contributed by atoms with E-state index in [-0.39, 0.29) is 12.4 Å². The summed E-state index contributed by atoms with van der Waals surface area (Å²) in [5.74, 6) is 0.817. The van der Waals surface area contributed by atoms with E-state index < -0.39 is 0 Å². The molecule has 0 aromatic rings. The minimum atomic E-state index is 0. The Bertz CT molecular complexity index is 178. The molecular formula is C13H29ClN2O2. The second-order valence-corrected chi connectivity index (χ2v) is 4.78. The van der Waals surface area contributed by atoms with E-state index in [9.17, 15) is 0 Å². The maximum Gasteiger partial charge on any atom is 0.0701 e. The summed E-state index contributed by atoms with van der Waals surface area (Å²) in [4.78, 5) is 2.37. The summed E-state index contributed by atoms with van der Waals surface area (Å²) in [5, 5.41) is 3.46. The highest BCUT2D eigenvalue weighted by atomic mass is 35.5. The highest BCUT2D eigenvalue weighted by Crippen LogP contribution is 2.10. The number of ether oxygens (including phenoxy) is 2. The molecule has 0 aliphatic carbocycles. The molecule has 1 unspecified atom stereocenters. The highest BCUT2D eigenvalue weighted by Gasteiger charge is 2.14. The lowest BCUT2D eigenvalue weighted by Gasteiger charge is -2.27. The first-order valence-electron chi connectivity index (χ1n) is 6.87. The Balaban J connectivity index is 0.00000289. The topological polar surface area (TPSA) is 33.7 Å². The Kier molecular flexibility index (Phi) is 12.3. The fourth-order valence-corrected chi connectivity index (χ4v) is 2.20. The van der Waals surface area contributed by atoms with Crippen molar-refractivity contribution in [1.82, 2.24) is 10.2 Å². The number of likely N-dealkylation sites (N-methyl/N-ethyl adjacent to an activating group) is 1. The van der Waals surface area contributed by atoms with Crippen molar-refractivity contribution in [3.05, 3.63) is 0 Å². The zero-order chi connectivity index (χ0) is 12.3. The molecule has 0 amide bonds. The maximum absolute atomic E-state index is 5.51. The molecule has 1 N–H and O–H groups in total. The van der Waals surface area contributed by atoms with Crippen LogP contribution >= 0.6 is 12.4 Å². The fraction of sp³-hybridized carbons (Fsp3) is 1.00. The summed E-state index contributed by atoms with van der Waals surface area (Å²) in [6.07, 6.45) is 2.69. The molecule has 1 fully saturated rings. The molecule has 18 heavy (non-hydrogen) atoms. The van der Waals surface area contributed by atoms with E-state index in [0.717, 1.165) is 25.7 Å². The van der Waals surface area contributed by atoms with Crippen LogP contribution in [-0.4, -0.2) is 64.6 Å². The van der Waals surface area contributed by atoms with Crippen LogP contribution in [0.5, 0.6) is 0 Å². The van der Waals surface area contributed by atoms with Crippen LogP contribution in [0.2, 0.25) is 0 Å². The third-order valence-electron chi connectivity index (χ3n) is 3.16. The van der Waals surface area contributed by atoms with E-state index >= 15 is 0 Å². The average molecular weight is 281 g/mol. The fourth-order valence-electron chi connectivity index (χ4n) is 2.20. The van der Waals surface area contributed by atoms with E-state index in [0.29, 0.717) is 13.2 Å². The largest absolute Gasteiger partial charge is 0.379 e. The molecule has 110 valence electrons. The van der Waals surface area contributed by atoms with Crippen LogP contribution in [0, 0.1) is 5.92 Å². The van der Waals surface area contributed by atoms with Gasteiger partial charge in [-0.15, -0.1) is 12.4 Å². The molecule has 1 aliphatic heterocycles. The van der Waals surface area contributed by atoms with Crippen LogP contribution < -0.4 is 5.32 Å². The highest BCUT2D eigenvalue weighted by molar-refractivity contribution is 5.85. The molecule has 4 nitrogen and oxygen atoms in total. The number of hydrogen-bond donors (Lipinski definition) is 1. The monoisotopic (exact) mass is 280 g/mol. The second kappa shape index (κ2) is 12.2. The number of piperidine rings is 1. The van der Waals surface area contributed by atoms with Gasteiger partial charge in [-0.3, -0.25) is 0 Å². The first-order valence-corrected chi connectivity index (χ1v) is 6.87. The molecule has 1 heterocycles. The average Bonchev–Trinajstić information content (AvgIpc) is 2.35. The van der Waals surface area contributed by atoms with Gasteiger partial charge in [0.25, 0.3) is 0 Å². The zero-order valence-corrected chi connectivity index (χ0v) is 12.6. The number of nitrogens with one attached hydrogen (secondary N) is 1. The Hall–Kier alpha value is 0.130. The second-order valence-electron chi connectivity index (χ2n) is 4.78. The predicted octanol–water partition coefficient (Wildman–Crippen LogP) is 1.39. The van der Waals surface area contributed by atoms with Crippen LogP contribution in [-0.2, 0) is 9.47 Å². The van der Waals surface area contributed by atoms with Gasteiger partial charge in [0.15, 0.2) is 0 Å². The maximum atomic E-state index is 5.51. The van der Waals surface area contributed by atoms with Crippen molar-refractivity contribution < 1.29 is 9.47 Å². The van der Waals surface area contributed by atoms with Crippen molar-refractivity contribution >= 4 is 12.4 Å². The third kappa shape index (κ3) is 9.11. The molecule has 1 aliphatic rings. The Morgan fingerprint density at radius 2 is 2.00 bits per heavy atom. The van der Waals surface area contributed by atoms with Crippen LogP contribution in [0.25, 0.3) is 0 Å². The first-order chi connectivity index (χ1) is 8.33. The van der Waals surface area contributed by atoms with E-state index in [2.05, 4.69) is 17.3 Å². The molecule has 0 radical (unpaired) electrons. The molecule has 1 saturated heterocycles. The van der Waals surface area contributed by atoms with E-state index in [1.165, 1.54) is 32.5 Å². The molecule has 0 aromatic carbocycles. The number of halogens is 1. The smallest absolute Gasteiger partial charge is 0.0701 e. The molecule has 0 spiro atoms. The quantitative estimate of drug-likeness (QED) is 0.647. The van der Waals surface area contributed by atoms with E-state index in [4.69, 9.17) is 9.47 Å². The van der Waals surface area contributed by atoms with Gasteiger partial charge in [-0.25, -0.2) is 0 Å². The number of nitrogens with zero attached hydrogens (tertiary/aromatic N) is 1. The molecule has 0 bridgehead atoms. The normalized spacial score (nSPS) is 19.8. The van der Waals surface area contributed by atoms with Gasteiger partial charge in [0.1, 0.15) is 0 Å². The molecule has 1 atom stereocenters. The summed E-state index contributed by atoms with van der Waals surface area (Å²) < 4.78 is 10.7. The van der Waals surface area contributed by atoms with Crippen molar-refractivity contribution in [3.8, 4) is 0 Å². The predicted molar refractivity (Wildman–Crippen MR) is 77.7 cm³/mol. The van der Waals surface area contributed by atoms with Gasteiger partial charge in [0.2, 0.25) is 0 Å². The summed E-state index contributed by atoms with van der Waals surface area (Å²) >= 11 is 0. The van der Waals surface area contributed by atoms with Gasteiger partial charge in [-0.1, -0.05) is 0 Å². The lowest BCUT2D eigenvalue weighted by molar-refractivity contribution is 0.0436. The minimum Gasteiger partial charge on any atom is -0.379 e. The van der Waals surface area contributed by atoms with Crippen molar-refractivity contribution in [1.29, 1.82) is 0 Å². The third-order valence-corrected chi connectivity index (χ3v) is 3.16. The van der Waals surface area contributed by atoms with Gasteiger partial charge in [0, 0.05) is 19.7 Å². The Morgan fingerprint density at radius 3 is 2.67 bits per heavy atom. The minimum absolute atomic E-state index is 0. The summed E-state index contributed by atoms with van der Waals surface area (Å²) in [7, 11) is 2.18. The van der Waals surface area contributed by atoms with Crippen molar-refractivity contribution in [2.45, 2.75) is 19.8 Å². The van der Waals surface area contributed by atoms with Gasteiger partial charge in [-0.05, 0) is 45.8 Å². The standard InChI is InChI=1S/C13H28N2O2.ClH/c1-3-16-9-10-17-8-7-15(2)12-13-5-4-6-14-11-13;/h13-14H,3-12H2,1-2H3;1H. The molecule has 1 rings (SSSR count). The van der Waals surface area contributed by atoms with Gasteiger partial charge < -0.3 is 19.7 Å². The van der Waals surface area contributed by atoms with Gasteiger partial charge >= 0.3 is 0 Å². The summed E-state index contributed by atoms with van der Waals surface area (Å²) in [6, 6.07) is 0. The Labute approximate surface area is 118 Å². The van der Waals surface area contributed by atoms with Crippen LogP contribution in [0.15, 0.2) is 0 Å². The lowest BCUT2D eigenvalue weighted by atomic mass is 9.99. The van der Waals surface area contributed by atoms with Crippen molar-refractivity contribution in [2.75, 3.05) is 59.7 Å². The molecule has 5 heteroatoms. The first kappa shape index (κ1) is 18.1. The van der Waals surface area contributed by atoms with Crippen LogP contribution in [0.3, 0.4) is 0 Å². The molecule has 0 aromatic heterocycles. The van der Waals surface area contributed by atoms with Crippen LogP contribution in [0.4, 0.5) is 0 Å². The lowest BCUT2D eigenvalue weighted by Crippen LogP contribution is -2.37. The van der Waals surface area contributed by atoms with E-state index in [1.54, 1.807) is 0 Å². The molecular weight excluding hydrogens is 252 g/mol. The Morgan fingerprint density at radius 1 is 1.22 bits per heavy atom. The van der Waals surface area contributed by atoms with Gasteiger partial charge in [-0.2, -0.15) is 0 Å².